The smallest absolute Gasteiger partial charge is 0.312 e. The Balaban J connectivity index is 1.72. The molecule has 3 N–H and O–H groups in total. The van der Waals surface area contributed by atoms with E-state index >= 15 is 0 Å². The van der Waals surface area contributed by atoms with E-state index < -0.39 is 10.0 Å². The van der Waals surface area contributed by atoms with Crippen molar-refractivity contribution in [2.24, 2.45) is 0 Å². The van der Waals surface area contributed by atoms with Gasteiger partial charge in [-0.2, -0.15) is 0 Å². The predicted molar refractivity (Wildman–Crippen MR) is 125 cm³/mol. The van der Waals surface area contributed by atoms with Crippen LogP contribution in [-0.2, 0) is 27.9 Å². The van der Waals surface area contributed by atoms with Gasteiger partial charge in [-0.15, -0.1) is 16.9 Å². The molecule has 9 nitrogen and oxygen atoms in total. The highest BCUT2D eigenvalue weighted by Crippen LogP contribution is 2.27. The second-order valence-electron chi connectivity index (χ2n) is 6.71. The molecule has 1 heterocycles. The van der Waals surface area contributed by atoms with Crippen LogP contribution in [0, 0.1) is 0 Å². The van der Waals surface area contributed by atoms with Crippen LogP contribution in [0.5, 0.6) is 0 Å². The molecule has 0 saturated heterocycles. The van der Waals surface area contributed by atoms with Crippen molar-refractivity contribution in [1.29, 1.82) is 0 Å². The number of amides is 1. The molecular formula is C20H22ClN5O4S2. The molecule has 0 aliphatic carbocycles. The molecule has 0 spiro atoms. The lowest BCUT2D eigenvalue weighted by atomic mass is 10.2. The topological polar surface area (TPSA) is 131 Å². The minimum Gasteiger partial charge on any atom is -0.406 e. The highest BCUT2D eigenvalue weighted by Gasteiger charge is 2.19. The fraction of sp³-hybridized carbons (Fsp3) is 0.250. The van der Waals surface area contributed by atoms with Crippen LogP contribution in [0.1, 0.15) is 18.4 Å². The fourth-order valence-electron chi connectivity index (χ4n) is 2.67. The third kappa shape index (κ3) is 6.87. The normalized spacial score (nSPS) is 11.3. The average Bonchev–Trinajstić information content (AvgIpc) is 3.18. The number of hydrogen-bond donors (Lipinski definition) is 2. The van der Waals surface area contributed by atoms with Gasteiger partial charge in [-0.05, 0) is 36.8 Å². The number of rotatable bonds is 10. The third-order valence-electron chi connectivity index (χ3n) is 4.33. The van der Waals surface area contributed by atoms with Gasteiger partial charge < -0.3 is 15.1 Å². The van der Waals surface area contributed by atoms with Crippen molar-refractivity contribution in [3.63, 3.8) is 0 Å². The van der Waals surface area contributed by atoms with Crippen molar-refractivity contribution in [2.75, 3.05) is 22.0 Å². The van der Waals surface area contributed by atoms with Crippen molar-refractivity contribution >= 4 is 51.0 Å². The van der Waals surface area contributed by atoms with Gasteiger partial charge in [0.2, 0.25) is 21.8 Å². The molecule has 12 heteroatoms. The zero-order valence-electron chi connectivity index (χ0n) is 17.2. The number of halogens is 1. The Hall–Kier alpha value is -2.76. The molecule has 0 unspecified atom stereocenters. The van der Waals surface area contributed by atoms with Crippen molar-refractivity contribution in [3.8, 4) is 0 Å². The van der Waals surface area contributed by atoms with Gasteiger partial charge in [0.05, 0.1) is 23.1 Å². The van der Waals surface area contributed by atoms with Crippen LogP contribution in [0.2, 0.25) is 5.02 Å². The largest absolute Gasteiger partial charge is 0.406 e. The lowest BCUT2D eigenvalue weighted by Gasteiger charge is -2.21. The minimum atomic E-state index is -3.37. The summed E-state index contributed by atoms with van der Waals surface area (Å²) in [7, 11) is -3.37. The molecule has 32 heavy (non-hydrogen) atoms. The number of nitrogens with zero attached hydrogens (tertiary/aromatic N) is 3. The molecule has 0 radical (unpaired) electrons. The molecule has 1 amide bonds. The zero-order chi connectivity index (χ0) is 23.1. The SMILES string of the molecule is CCS(=O)(=O)Nc1ccc(CN(Cc2nnc(N)o2)C(=O)CSc2ccccc2Cl)cc1. The molecular weight excluding hydrogens is 474 g/mol. The maximum atomic E-state index is 13.0. The van der Waals surface area contributed by atoms with Gasteiger partial charge in [-0.3, -0.25) is 9.52 Å². The second kappa shape index (κ2) is 10.7. The Kier molecular flexibility index (Phi) is 7.99. The summed E-state index contributed by atoms with van der Waals surface area (Å²) in [6.45, 7) is 1.90. The Bertz CT molecular complexity index is 1170. The van der Waals surface area contributed by atoms with E-state index in [4.69, 9.17) is 21.8 Å². The number of carbonyl (C=O) groups excluding carboxylic acids is 1. The van der Waals surface area contributed by atoms with Crippen LogP contribution in [0.4, 0.5) is 11.7 Å². The first-order chi connectivity index (χ1) is 15.3. The summed E-state index contributed by atoms with van der Waals surface area (Å²) in [5, 5.41) is 8.04. The standard InChI is InChI=1S/C20H22ClN5O4S2/c1-2-32(28,29)25-15-9-7-14(8-10-15)11-26(12-18-23-24-20(22)30-18)19(27)13-31-17-6-4-3-5-16(17)21/h3-10,25H,2,11-13H2,1H3,(H2,22,24). The summed E-state index contributed by atoms with van der Waals surface area (Å²) < 4.78 is 31.2. The average molecular weight is 496 g/mol. The monoisotopic (exact) mass is 495 g/mol. The van der Waals surface area contributed by atoms with E-state index in [2.05, 4.69) is 14.9 Å². The molecule has 2 aromatic carbocycles. The van der Waals surface area contributed by atoms with Gasteiger partial charge in [0, 0.05) is 17.1 Å². The molecule has 0 fully saturated rings. The van der Waals surface area contributed by atoms with Gasteiger partial charge in [0.1, 0.15) is 0 Å². The molecule has 0 saturated carbocycles. The van der Waals surface area contributed by atoms with Gasteiger partial charge in [0.15, 0.2) is 0 Å². The van der Waals surface area contributed by atoms with Crippen molar-refractivity contribution in [2.45, 2.75) is 24.9 Å². The van der Waals surface area contributed by atoms with Crippen LogP contribution in [0.25, 0.3) is 0 Å². The molecule has 3 aromatic rings. The Morgan fingerprint density at radius 2 is 1.88 bits per heavy atom. The minimum absolute atomic E-state index is 0.0204. The number of thioether (sulfide) groups is 1. The van der Waals surface area contributed by atoms with Gasteiger partial charge in [-0.25, -0.2) is 8.42 Å². The summed E-state index contributed by atoms with van der Waals surface area (Å²) in [6, 6.07) is 14.0. The Morgan fingerprint density at radius 1 is 1.16 bits per heavy atom. The van der Waals surface area contributed by atoms with E-state index in [1.807, 2.05) is 18.2 Å². The maximum Gasteiger partial charge on any atom is 0.312 e. The lowest BCUT2D eigenvalue weighted by molar-refractivity contribution is -0.129. The molecule has 1 aromatic heterocycles. The van der Waals surface area contributed by atoms with Crippen LogP contribution in [-0.4, -0.2) is 40.9 Å². The number of benzene rings is 2. The maximum absolute atomic E-state index is 13.0. The van der Waals surface area contributed by atoms with Gasteiger partial charge in [0.25, 0.3) is 0 Å². The quantitative estimate of drug-likeness (QED) is 0.409. The first-order valence-electron chi connectivity index (χ1n) is 9.58. The third-order valence-corrected chi connectivity index (χ3v) is 7.14. The van der Waals surface area contributed by atoms with E-state index in [-0.39, 0.29) is 42.4 Å². The van der Waals surface area contributed by atoms with Gasteiger partial charge >= 0.3 is 6.01 Å². The number of nitrogen functional groups attached to an aromatic ring is 1. The summed E-state index contributed by atoms with van der Waals surface area (Å²) in [5.74, 6) is 0.184. The van der Waals surface area contributed by atoms with Crippen LogP contribution < -0.4 is 10.5 Å². The van der Waals surface area contributed by atoms with Gasteiger partial charge in [-0.1, -0.05) is 41.0 Å². The molecule has 0 bridgehead atoms. The van der Waals surface area contributed by atoms with Crippen molar-refractivity contribution < 1.29 is 17.6 Å². The van der Waals surface area contributed by atoms with E-state index in [0.717, 1.165) is 10.5 Å². The zero-order valence-corrected chi connectivity index (χ0v) is 19.6. The van der Waals surface area contributed by atoms with E-state index in [0.29, 0.717) is 10.7 Å². The van der Waals surface area contributed by atoms with Crippen LogP contribution in [0.3, 0.4) is 0 Å². The first-order valence-corrected chi connectivity index (χ1v) is 12.6. The molecule has 3 rings (SSSR count). The second-order valence-corrected chi connectivity index (χ2v) is 10.1. The Morgan fingerprint density at radius 3 is 2.50 bits per heavy atom. The highest BCUT2D eigenvalue weighted by atomic mass is 35.5. The van der Waals surface area contributed by atoms with E-state index in [1.54, 1.807) is 42.2 Å². The summed E-state index contributed by atoms with van der Waals surface area (Å²) >= 11 is 7.51. The van der Waals surface area contributed by atoms with Crippen LogP contribution >= 0.6 is 23.4 Å². The molecule has 0 aliphatic rings. The lowest BCUT2D eigenvalue weighted by Crippen LogP contribution is -2.31. The number of hydrogen-bond acceptors (Lipinski definition) is 8. The predicted octanol–water partition coefficient (Wildman–Crippen LogP) is 3.39. The number of carbonyl (C=O) groups is 1. The van der Waals surface area contributed by atoms with Crippen molar-refractivity contribution in [1.82, 2.24) is 15.1 Å². The number of aromatic nitrogens is 2. The van der Waals surface area contributed by atoms with Crippen molar-refractivity contribution in [3.05, 3.63) is 65.0 Å². The summed E-state index contributed by atoms with van der Waals surface area (Å²) in [4.78, 5) is 15.3. The number of nitrogens with one attached hydrogen (secondary N) is 1. The molecule has 0 aliphatic heterocycles. The van der Waals surface area contributed by atoms with Crippen LogP contribution in [0.15, 0.2) is 57.8 Å². The molecule has 0 atom stereocenters. The first kappa shape index (κ1) is 23.9. The van der Waals surface area contributed by atoms with E-state index in [1.165, 1.54) is 11.8 Å². The molecule has 170 valence electrons. The summed E-state index contributed by atoms with van der Waals surface area (Å²) in [6.07, 6.45) is 0. The number of anilines is 2. The Labute approximate surface area is 195 Å². The number of nitrogens with two attached hydrogens (primary N) is 1. The summed E-state index contributed by atoms with van der Waals surface area (Å²) in [5.41, 5.74) is 6.74. The van der Waals surface area contributed by atoms with E-state index in [9.17, 15) is 13.2 Å². The highest BCUT2D eigenvalue weighted by molar-refractivity contribution is 8.00. The fourth-order valence-corrected chi connectivity index (χ4v) is 4.45. The number of sulfonamides is 1.